The molecule has 0 radical (unpaired) electrons. The van der Waals surface area contributed by atoms with Gasteiger partial charge in [-0.1, -0.05) is 32.6 Å². The molecular formula is C19H22F18O. The van der Waals surface area contributed by atoms with Gasteiger partial charge in [0.05, 0.1) is 0 Å². The first kappa shape index (κ1) is 36.7. The van der Waals surface area contributed by atoms with Gasteiger partial charge in [0.2, 0.25) is 0 Å². The molecule has 1 N–H and O–H groups in total. The van der Waals surface area contributed by atoms with Gasteiger partial charge in [0.25, 0.3) is 0 Å². The van der Waals surface area contributed by atoms with Gasteiger partial charge < -0.3 is 5.11 Å². The molecule has 0 aliphatic carbocycles. The maximum atomic E-state index is 13.8. The summed E-state index contributed by atoms with van der Waals surface area (Å²) in [7, 11) is 0. The summed E-state index contributed by atoms with van der Waals surface area (Å²) in [4.78, 5) is 0. The van der Waals surface area contributed by atoms with Crippen molar-refractivity contribution in [3.05, 3.63) is 0 Å². The minimum atomic E-state index is -8.75. The average molecular weight is 608 g/mol. The van der Waals surface area contributed by atoms with E-state index in [1.807, 2.05) is 0 Å². The van der Waals surface area contributed by atoms with Crippen molar-refractivity contribution in [3.8, 4) is 0 Å². The maximum Gasteiger partial charge on any atom is 0.385 e. The second kappa shape index (κ2) is 11.3. The third kappa shape index (κ3) is 5.63. The molecule has 38 heavy (non-hydrogen) atoms. The molecule has 0 saturated carbocycles. The van der Waals surface area contributed by atoms with Crippen LogP contribution >= 0.6 is 0 Å². The van der Waals surface area contributed by atoms with E-state index in [-0.39, 0.29) is 6.42 Å². The molecule has 0 unspecified atom stereocenters. The van der Waals surface area contributed by atoms with Gasteiger partial charge in [0, 0.05) is 19.4 Å². The molecule has 0 bridgehead atoms. The van der Waals surface area contributed by atoms with Crippen LogP contribution in [0.15, 0.2) is 0 Å². The fraction of sp³-hybridized carbons (Fsp3) is 1.00. The quantitative estimate of drug-likeness (QED) is 0.129. The molecular weight excluding hydrogens is 586 g/mol. The zero-order valence-corrected chi connectivity index (χ0v) is 19.1. The van der Waals surface area contributed by atoms with Crippen LogP contribution in [0.25, 0.3) is 0 Å². The molecule has 0 aromatic rings. The zero-order valence-electron chi connectivity index (χ0n) is 19.1. The monoisotopic (exact) mass is 608 g/mol. The van der Waals surface area contributed by atoms with Crippen molar-refractivity contribution in [2.75, 3.05) is 6.61 Å². The minimum Gasteiger partial charge on any atom is -0.396 e. The van der Waals surface area contributed by atoms with Crippen LogP contribution in [0.4, 0.5) is 79.0 Å². The molecule has 0 amide bonds. The number of hydrogen-bond acceptors (Lipinski definition) is 1. The van der Waals surface area contributed by atoms with Crippen molar-refractivity contribution in [2.24, 2.45) is 0 Å². The van der Waals surface area contributed by atoms with E-state index in [1.165, 1.54) is 0 Å². The smallest absolute Gasteiger partial charge is 0.385 e. The van der Waals surface area contributed by atoms with Gasteiger partial charge in [-0.25, -0.2) is 0 Å². The lowest BCUT2D eigenvalue weighted by Gasteiger charge is -2.44. The second-order valence-corrected chi connectivity index (χ2v) is 8.42. The van der Waals surface area contributed by atoms with Crippen molar-refractivity contribution >= 4 is 0 Å². The summed E-state index contributed by atoms with van der Waals surface area (Å²) in [6.45, 7) is 0.0903. The van der Waals surface area contributed by atoms with Gasteiger partial charge in [-0.2, -0.15) is 79.0 Å². The summed E-state index contributed by atoms with van der Waals surface area (Å²) in [6, 6.07) is 0. The second-order valence-electron chi connectivity index (χ2n) is 8.42. The Morgan fingerprint density at radius 2 is 0.632 bits per heavy atom. The van der Waals surface area contributed by atoms with E-state index in [1.54, 1.807) is 6.92 Å². The normalized spacial score (nSPS) is 15.8. The van der Waals surface area contributed by atoms with Crippen LogP contribution in [0.5, 0.6) is 0 Å². The third-order valence-electron chi connectivity index (χ3n) is 5.53. The summed E-state index contributed by atoms with van der Waals surface area (Å²) >= 11 is 0. The van der Waals surface area contributed by atoms with Crippen molar-refractivity contribution in [1.29, 1.82) is 0 Å². The highest BCUT2D eigenvalue weighted by atomic mass is 19.4. The molecule has 0 spiro atoms. The van der Waals surface area contributed by atoms with Crippen molar-refractivity contribution in [1.82, 2.24) is 0 Å². The molecule has 1 nitrogen and oxygen atoms in total. The van der Waals surface area contributed by atoms with E-state index >= 15 is 0 Å². The largest absolute Gasteiger partial charge is 0.396 e. The molecule has 0 aromatic carbocycles. The zero-order chi connectivity index (χ0) is 30.9. The van der Waals surface area contributed by atoms with E-state index in [9.17, 15) is 79.0 Å². The Morgan fingerprint density at radius 1 is 0.368 bits per heavy atom. The topological polar surface area (TPSA) is 20.2 Å². The van der Waals surface area contributed by atoms with Crippen LogP contribution in [0.1, 0.15) is 58.3 Å². The van der Waals surface area contributed by atoms with Gasteiger partial charge in [-0.3, -0.25) is 0 Å². The lowest BCUT2D eigenvalue weighted by molar-refractivity contribution is -0.462. The molecule has 0 heterocycles. The molecule has 230 valence electrons. The number of hydrogen-bond donors (Lipinski definition) is 1. The Bertz CT molecular complexity index is 761. The summed E-state index contributed by atoms with van der Waals surface area (Å²) in [6.07, 6.45) is -7.36. The van der Waals surface area contributed by atoms with Crippen LogP contribution in [-0.4, -0.2) is 65.0 Å². The first-order valence-corrected chi connectivity index (χ1v) is 10.6. The molecule has 0 aliphatic heterocycles. The Labute approximate surface area is 203 Å². The number of aliphatic hydroxyl groups is 1. The molecule has 0 aliphatic rings. The third-order valence-corrected chi connectivity index (χ3v) is 5.53. The van der Waals surface area contributed by atoms with E-state index in [2.05, 4.69) is 0 Å². The van der Waals surface area contributed by atoms with E-state index in [4.69, 9.17) is 5.11 Å². The lowest BCUT2D eigenvalue weighted by Crippen LogP contribution is -2.76. The summed E-state index contributed by atoms with van der Waals surface area (Å²) in [5, 5.41) is 8.27. The van der Waals surface area contributed by atoms with Crippen LogP contribution in [-0.2, 0) is 0 Å². The molecule has 0 saturated heterocycles. The molecule has 0 fully saturated rings. The van der Waals surface area contributed by atoms with E-state index < -0.39 is 92.0 Å². The van der Waals surface area contributed by atoms with E-state index in [0.717, 1.165) is 0 Å². The summed E-state index contributed by atoms with van der Waals surface area (Å²) in [5.41, 5.74) is 0. The van der Waals surface area contributed by atoms with Gasteiger partial charge in [-0.05, 0) is 12.8 Å². The number of rotatable bonds is 17. The van der Waals surface area contributed by atoms with E-state index in [0.29, 0.717) is 12.8 Å². The number of unbranched alkanes of at least 4 members (excludes halogenated alkanes) is 4. The van der Waals surface area contributed by atoms with Gasteiger partial charge in [0.1, 0.15) is 0 Å². The first-order chi connectivity index (χ1) is 16.6. The highest BCUT2D eigenvalue weighted by molar-refractivity contribution is 5.17. The lowest BCUT2D eigenvalue weighted by atomic mass is 9.85. The Hall–Kier alpha value is -1.30. The van der Waals surface area contributed by atoms with Crippen molar-refractivity contribution in [3.63, 3.8) is 0 Å². The van der Waals surface area contributed by atoms with Gasteiger partial charge in [0.15, 0.2) is 0 Å². The summed E-state index contributed by atoms with van der Waals surface area (Å²) < 4.78 is 247. The minimum absolute atomic E-state index is 0.0290. The predicted molar refractivity (Wildman–Crippen MR) is 94.2 cm³/mol. The highest BCUT2D eigenvalue weighted by Crippen LogP contribution is 2.65. The number of halogens is 18. The van der Waals surface area contributed by atoms with Crippen LogP contribution in [0, 0.1) is 0 Å². The SMILES string of the molecule is CCCCCCCC(F)(F)C(F)(F)C(F)(F)C(F)(F)C(F)(F)C(F)(F)C(F)(F)C(F)(F)C(F)(F)CCCO. The Morgan fingerprint density at radius 3 is 0.921 bits per heavy atom. The fourth-order valence-corrected chi connectivity index (χ4v) is 3.01. The first-order valence-electron chi connectivity index (χ1n) is 10.6. The molecule has 0 atom stereocenters. The Kier molecular flexibility index (Phi) is 10.9. The van der Waals surface area contributed by atoms with Gasteiger partial charge >= 0.3 is 53.3 Å². The average Bonchev–Trinajstić information content (AvgIpc) is 2.76. The molecule has 0 aromatic heterocycles. The fourth-order valence-electron chi connectivity index (χ4n) is 3.01. The standard InChI is InChI=1S/C19H22F18O/c1-2-3-4-5-6-8-11(20,21)13(24,25)15(28,29)17(32,33)19(36,37)18(34,35)16(30,31)14(26,27)12(22,23)9-7-10-38/h38H,2-10H2,1H3. The van der Waals surface area contributed by atoms with Crippen LogP contribution in [0.2, 0.25) is 0 Å². The van der Waals surface area contributed by atoms with Crippen molar-refractivity contribution in [2.45, 2.75) is 112 Å². The Balaban J connectivity index is 6.55. The van der Waals surface area contributed by atoms with Crippen LogP contribution < -0.4 is 0 Å². The predicted octanol–water partition coefficient (Wildman–Crippen LogP) is 8.84. The van der Waals surface area contributed by atoms with Crippen molar-refractivity contribution < 1.29 is 84.1 Å². The van der Waals surface area contributed by atoms with Crippen LogP contribution in [0.3, 0.4) is 0 Å². The highest BCUT2D eigenvalue weighted by Gasteiger charge is 2.96. The maximum absolute atomic E-state index is 13.8. The van der Waals surface area contributed by atoms with Gasteiger partial charge in [-0.15, -0.1) is 0 Å². The summed E-state index contributed by atoms with van der Waals surface area (Å²) in [5.74, 6) is -70.9. The number of aliphatic hydroxyl groups excluding tert-OH is 1. The number of alkyl halides is 18. The molecule has 0 rings (SSSR count). The molecule has 19 heteroatoms.